The van der Waals surface area contributed by atoms with E-state index < -0.39 is 0 Å². The van der Waals surface area contributed by atoms with Crippen molar-refractivity contribution >= 4 is 17.3 Å². The van der Waals surface area contributed by atoms with Gasteiger partial charge in [0.1, 0.15) is 0 Å². The molecule has 0 unspecified atom stereocenters. The molecule has 0 saturated heterocycles. The zero-order valence-corrected chi connectivity index (χ0v) is 13.1. The van der Waals surface area contributed by atoms with Crippen molar-refractivity contribution in [3.8, 4) is 6.07 Å². The minimum absolute atomic E-state index is 0.0974. The van der Waals surface area contributed by atoms with Crippen molar-refractivity contribution in [3.05, 3.63) is 23.8 Å². The predicted molar refractivity (Wildman–Crippen MR) is 85.3 cm³/mol. The average Bonchev–Trinajstić information content (AvgIpc) is 2.86. The Morgan fingerprint density at radius 1 is 1.48 bits per heavy atom. The number of hydrogen-bond donors (Lipinski definition) is 1. The van der Waals surface area contributed by atoms with Gasteiger partial charge in [0.25, 0.3) is 0 Å². The van der Waals surface area contributed by atoms with E-state index in [1.165, 1.54) is 5.56 Å². The minimum Gasteiger partial charge on any atom is -0.384 e. The van der Waals surface area contributed by atoms with Gasteiger partial charge in [-0.1, -0.05) is 13.8 Å². The van der Waals surface area contributed by atoms with E-state index in [9.17, 15) is 4.79 Å². The molecule has 1 aromatic rings. The molecule has 0 aliphatic carbocycles. The molecular weight excluding hydrogens is 262 g/mol. The predicted octanol–water partition coefficient (Wildman–Crippen LogP) is 3.34. The smallest absolute Gasteiger partial charge is 0.223 e. The summed E-state index contributed by atoms with van der Waals surface area (Å²) in [5, 5.41) is 12.1. The number of nitriles is 1. The summed E-state index contributed by atoms with van der Waals surface area (Å²) in [6.45, 7) is 7.56. The Morgan fingerprint density at radius 2 is 2.24 bits per heavy atom. The number of fused-ring (bicyclic) bond motifs is 1. The summed E-state index contributed by atoms with van der Waals surface area (Å²) >= 11 is 0. The van der Waals surface area contributed by atoms with E-state index in [-0.39, 0.29) is 11.3 Å². The molecule has 1 aliphatic rings. The van der Waals surface area contributed by atoms with Crippen LogP contribution in [0.4, 0.5) is 11.4 Å². The highest BCUT2D eigenvalue weighted by molar-refractivity contribution is 5.94. The topological polar surface area (TPSA) is 56.1 Å². The van der Waals surface area contributed by atoms with E-state index in [2.05, 4.69) is 31.3 Å². The van der Waals surface area contributed by atoms with Crippen LogP contribution in [-0.2, 0) is 11.2 Å². The fraction of sp³-hybridized carbons (Fsp3) is 0.529. The number of anilines is 2. The quantitative estimate of drug-likeness (QED) is 0.902. The van der Waals surface area contributed by atoms with Gasteiger partial charge in [0, 0.05) is 37.8 Å². The first-order chi connectivity index (χ1) is 9.93. The Hall–Kier alpha value is -2.02. The van der Waals surface area contributed by atoms with E-state index in [1.54, 1.807) is 6.92 Å². The fourth-order valence-corrected chi connectivity index (χ4v) is 2.66. The highest BCUT2D eigenvalue weighted by Crippen LogP contribution is 2.31. The maximum Gasteiger partial charge on any atom is 0.223 e. The van der Waals surface area contributed by atoms with Gasteiger partial charge in [-0.2, -0.15) is 5.26 Å². The Labute approximate surface area is 126 Å². The molecule has 0 aromatic heterocycles. The zero-order chi connectivity index (χ0) is 15.5. The Morgan fingerprint density at radius 3 is 2.90 bits per heavy atom. The molecule has 1 heterocycles. The second-order valence-corrected chi connectivity index (χ2v) is 6.44. The zero-order valence-electron chi connectivity index (χ0n) is 13.1. The number of nitrogens with zero attached hydrogens (tertiary/aromatic N) is 2. The van der Waals surface area contributed by atoms with Gasteiger partial charge < -0.3 is 10.2 Å². The molecular formula is C17H23N3O. The van der Waals surface area contributed by atoms with Gasteiger partial charge in [0.15, 0.2) is 0 Å². The van der Waals surface area contributed by atoms with Crippen molar-refractivity contribution in [2.45, 2.75) is 40.0 Å². The first-order valence-corrected chi connectivity index (χ1v) is 7.45. The van der Waals surface area contributed by atoms with Crippen LogP contribution < -0.4 is 10.2 Å². The van der Waals surface area contributed by atoms with Crippen molar-refractivity contribution in [1.82, 2.24) is 0 Å². The molecule has 1 amide bonds. The number of benzene rings is 1. The van der Waals surface area contributed by atoms with Crippen molar-refractivity contribution in [1.29, 1.82) is 5.26 Å². The van der Waals surface area contributed by atoms with Crippen LogP contribution in [0.5, 0.6) is 0 Å². The number of rotatable bonds is 5. The second-order valence-electron chi connectivity index (χ2n) is 6.44. The maximum atomic E-state index is 11.5. The first kappa shape index (κ1) is 15.4. The fourth-order valence-electron chi connectivity index (χ4n) is 2.66. The summed E-state index contributed by atoms with van der Waals surface area (Å²) in [6, 6.07) is 8.39. The van der Waals surface area contributed by atoms with Crippen molar-refractivity contribution < 1.29 is 4.79 Å². The molecule has 0 saturated carbocycles. The molecule has 1 aliphatic heterocycles. The third kappa shape index (κ3) is 3.75. The summed E-state index contributed by atoms with van der Waals surface area (Å²) in [7, 11) is 0. The maximum absolute atomic E-state index is 11.5. The van der Waals surface area contributed by atoms with Gasteiger partial charge in [-0.25, -0.2) is 0 Å². The van der Waals surface area contributed by atoms with Gasteiger partial charge in [-0.3, -0.25) is 4.79 Å². The van der Waals surface area contributed by atoms with Crippen molar-refractivity contribution in [3.63, 3.8) is 0 Å². The van der Waals surface area contributed by atoms with Gasteiger partial charge in [-0.05, 0) is 42.0 Å². The SMILES string of the molecule is CC(=O)N1CCc2cc(NCC(C)(C)CCC#N)ccc21. The number of carbonyl (C=O) groups is 1. The molecule has 1 aromatic carbocycles. The average molecular weight is 285 g/mol. The molecule has 0 radical (unpaired) electrons. The van der Waals surface area contributed by atoms with Crippen LogP contribution in [0.1, 0.15) is 39.2 Å². The molecule has 2 rings (SSSR count). The standard InChI is InChI=1S/C17H23N3O/c1-13(21)20-10-7-14-11-15(5-6-16(14)20)19-12-17(2,3)8-4-9-18/h5-6,11,19H,4,7-8,10,12H2,1-3H3. The molecule has 4 heteroatoms. The Kier molecular flexibility index (Phi) is 4.52. The lowest BCUT2D eigenvalue weighted by Gasteiger charge is -2.24. The number of nitrogens with one attached hydrogen (secondary N) is 1. The molecule has 112 valence electrons. The molecule has 4 nitrogen and oxygen atoms in total. The van der Waals surface area contributed by atoms with E-state index >= 15 is 0 Å². The van der Waals surface area contributed by atoms with E-state index in [0.29, 0.717) is 6.42 Å². The summed E-state index contributed by atoms with van der Waals surface area (Å²) in [6.07, 6.45) is 2.40. The third-order valence-electron chi connectivity index (χ3n) is 4.04. The van der Waals surface area contributed by atoms with Crippen LogP contribution in [-0.4, -0.2) is 19.0 Å². The first-order valence-electron chi connectivity index (χ1n) is 7.45. The molecule has 21 heavy (non-hydrogen) atoms. The van der Waals surface area contributed by atoms with Crippen molar-refractivity contribution in [2.75, 3.05) is 23.3 Å². The van der Waals surface area contributed by atoms with Crippen LogP contribution in [0.15, 0.2) is 18.2 Å². The number of amides is 1. The lowest BCUT2D eigenvalue weighted by Crippen LogP contribution is -2.25. The molecule has 1 N–H and O–H groups in total. The van der Waals surface area contributed by atoms with E-state index in [4.69, 9.17) is 5.26 Å². The van der Waals surface area contributed by atoms with Crippen LogP contribution >= 0.6 is 0 Å². The molecule has 0 bridgehead atoms. The second kappa shape index (κ2) is 6.17. The lowest BCUT2D eigenvalue weighted by molar-refractivity contribution is -0.116. The summed E-state index contributed by atoms with van der Waals surface area (Å²) in [5.74, 6) is 0.104. The van der Waals surface area contributed by atoms with Crippen LogP contribution in [0.2, 0.25) is 0 Å². The van der Waals surface area contributed by atoms with Crippen molar-refractivity contribution in [2.24, 2.45) is 5.41 Å². The van der Waals surface area contributed by atoms with E-state index in [0.717, 1.165) is 37.3 Å². The Bertz CT molecular complexity index is 572. The Balaban J connectivity index is 2.01. The largest absolute Gasteiger partial charge is 0.384 e. The van der Waals surface area contributed by atoms with Crippen LogP contribution in [0.3, 0.4) is 0 Å². The normalized spacial score (nSPS) is 13.7. The van der Waals surface area contributed by atoms with Gasteiger partial charge in [-0.15, -0.1) is 0 Å². The van der Waals surface area contributed by atoms with Gasteiger partial charge in [0.05, 0.1) is 6.07 Å². The third-order valence-corrected chi connectivity index (χ3v) is 4.04. The molecule has 0 spiro atoms. The highest BCUT2D eigenvalue weighted by atomic mass is 16.2. The van der Waals surface area contributed by atoms with Crippen LogP contribution in [0.25, 0.3) is 0 Å². The van der Waals surface area contributed by atoms with Crippen LogP contribution in [0, 0.1) is 16.7 Å². The number of hydrogen-bond acceptors (Lipinski definition) is 3. The minimum atomic E-state index is 0.0974. The summed E-state index contributed by atoms with van der Waals surface area (Å²) in [5.41, 5.74) is 3.45. The van der Waals surface area contributed by atoms with Gasteiger partial charge in [0.2, 0.25) is 5.91 Å². The lowest BCUT2D eigenvalue weighted by atomic mass is 9.88. The summed E-state index contributed by atoms with van der Waals surface area (Å²) < 4.78 is 0. The number of carbonyl (C=O) groups excluding carboxylic acids is 1. The monoisotopic (exact) mass is 285 g/mol. The summed E-state index contributed by atoms with van der Waals surface area (Å²) in [4.78, 5) is 13.4. The molecule has 0 atom stereocenters. The van der Waals surface area contributed by atoms with E-state index in [1.807, 2.05) is 17.0 Å². The highest BCUT2D eigenvalue weighted by Gasteiger charge is 2.22. The molecule has 0 fully saturated rings. The van der Waals surface area contributed by atoms with Gasteiger partial charge >= 0.3 is 0 Å².